The number of ether oxygens (including phenoxy) is 2. The third-order valence-corrected chi connectivity index (χ3v) is 6.87. The first-order valence-corrected chi connectivity index (χ1v) is 12.1. The minimum atomic E-state index is 0.0553. The van der Waals surface area contributed by atoms with Crippen LogP contribution in [-0.2, 0) is 28.8 Å². The van der Waals surface area contributed by atoms with Crippen LogP contribution < -0.4 is 10.1 Å². The first-order valence-electron chi connectivity index (χ1n) is 11.7. The number of amides is 1. The maximum Gasteiger partial charge on any atom is 0.220 e. The molecule has 1 aliphatic carbocycles. The number of hydrogen-bond acceptors (Lipinski definition) is 3. The maximum atomic E-state index is 12.6. The van der Waals surface area contributed by atoms with Gasteiger partial charge < -0.3 is 19.4 Å². The molecule has 1 saturated heterocycles. The fourth-order valence-electron chi connectivity index (χ4n) is 5.00. The Bertz CT molecular complexity index is 1160. The molecule has 0 radical (unpaired) electrons. The van der Waals surface area contributed by atoms with Crippen molar-refractivity contribution in [3.8, 4) is 22.7 Å². The largest absolute Gasteiger partial charge is 0.495 e. The van der Waals surface area contributed by atoms with E-state index in [1.165, 1.54) is 22.4 Å². The van der Waals surface area contributed by atoms with E-state index in [1.807, 2.05) is 18.2 Å². The molecule has 1 aliphatic heterocycles. The molecule has 5 rings (SSSR count). The number of fused-ring (bicyclic) bond motifs is 3. The molecule has 1 amide bonds. The lowest BCUT2D eigenvalue weighted by Crippen LogP contribution is -2.31. The van der Waals surface area contributed by atoms with Crippen molar-refractivity contribution in [2.45, 2.75) is 44.6 Å². The molecular formula is C27H29ClN2O3. The van der Waals surface area contributed by atoms with Crippen molar-refractivity contribution < 1.29 is 14.3 Å². The summed E-state index contributed by atoms with van der Waals surface area (Å²) in [5, 5.41) is 3.68. The molecule has 1 N–H and O–H groups in total. The van der Waals surface area contributed by atoms with Gasteiger partial charge in [0.15, 0.2) is 0 Å². The van der Waals surface area contributed by atoms with Gasteiger partial charge in [-0.1, -0.05) is 35.9 Å². The zero-order valence-electron chi connectivity index (χ0n) is 18.9. The van der Waals surface area contributed by atoms with Gasteiger partial charge >= 0.3 is 0 Å². The summed E-state index contributed by atoms with van der Waals surface area (Å²) < 4.78 is 13.6. The summed E-state index contributed by atoms with van der Waals surface area (Å²) in [6.07, 6.45) is 5.31. The van der Waals surface area contributed by atoms with Gasteiger partial charge in [0.05, 0.1) is 24.6 Å². The minimum Gasteiger partial charge on any atom is -0.495 e. The molecule has 2 heterocycles. The fourth-order valence-corrected chi connectivity index (χ4v) is 5.16. The lowest BCUT2D eigenvalue weighted by Gasteiger charge is -2.22. The SMILES string of the molecule is COc1cc(Cl)ccc1-n1c(CCC(=O)NCC2CCCO2)cc2c1-c1ccccc1CC2. The molecule has 0 spiro atoms. The van der Waals surface area contributed by atoms with Gasteiger partial charge in [-0.3, -0.25) is 4.79 Å². The molecule has 33 heavy (non-hydrogen) atoms. The van der Waals surface area contributed by atoms with Gasteiger partial charge in [0.2, 0.25) is 5.91 Å². The quantitative estimate of drug-likeness (QED) is 0.527. The van der Waals surface area contributed by atoms with E-state index >= 15 is 0 Å². The van der Waals surface area contributed by atoms with Crippen LogP contribution in [0.1, 0.15) is 36.1 Å². The van der Waals surface area contributed by atoms with Crippen molar-refractivity contribution in [1.29, 1.82) is 0 Å². The molecule has 6 heteroatoms. The zero-order chi connectivity index (χ0) is 22.8. The minimum absolute atomic E-state index is 0.0553. The van der Waals surface area contributed by atoms with Gasteiger partial charge in [-0.15, -0.1) is 0 Å². The van der Waals surface area contributed by atoms with Crippen LogP contribution in [0.5, 0.6) is 5.75 Å². The molecule has 2 aromatic carbocycles. The Hall–Kier alpha value is -2.76. The highest BCUT2D eigenvalue weighted by Gasteiger charge is 2.25. The van der Waals surface area contributed by atoms with E-state index in [4.69, 9.17) is 21.1 Å². The number of nitrogens with zero attached hydrogens (tertiary/aromatic N) is 1. The van der Waals surface area contributed by atoms with E-state index in [2.05, 4.69) is 40.2 Å². The average Bonchev–Trinajstić information content (AvgIpc) is 3.49. The molecule has 0 bridgehead atoms. The number of benzene rings is 2. The second kappa shape index (κ2) is 9.62. The Balaban J connectivity index is 1.48. The standard InChI is InChI=1S/C27H29ClN2O3/c1-32-25-16-20(28)10-12-24(25)30-21(11-13-26(31)29-17-22-6-4-14-33-22)15-19-9-8-18-5-2-3-7-23(18)27(19)30/h2-3,5,7,10,12,15-16,22H,4,6,8-9,11,13-14,17H2,1H3,(H,29,31). The van der Waals surface area contributed by atoms with Crippen molar-refractivity contribution in [2.24, 2.45) is 0 Å². The van der Waals surface area contributed by atoms with Gasteiger partial charge in [0.25, 0.3) is 0 Å². The Kier molecular flexibility index (Phi) is 6.43. The number of hydrogen-bond donors (Lipinski definition) is 1. The van der Waals surface area contributed by atoms with E-state index in [-0.39, 0.29) is 12.0 Å². The number of carbonyl (C=O) groups is 1. The lowest BCUT2D eigenvalue weighted by atomic mass is 9.90. The highest BCUT2D eigenvalue weighted by atomic mass is 35.5. The molecule has 3 aromatic rings. The van der Waals surface area contributed by atoms with E-state index in [0.29, 0.717) is 30.2 Å². The maximum absolute atomic E-state index is 12.6. The molecule has 2 aliphatic rings. The second-order valence-electron chi connectivity index (χ2n) is 8.76. The van der Waals surface area contributed by atoms with Gasteiger partial charge in [-0.05, 0) is 61.4 Å². The fraction of sp³-hybridized carbons (Fsp3) is 0.370. The number of aryl methyl sites for hydroxylation is 3. The number of rotatable bonds is 7. The molecule has 172 valence electrons. The van der Waals surface area contributed by atoms with Crippen LogP contribution in [0, 0.1) is 0 Å². The van der Waals surface area contributed by atoms with E-state index in [1.54, 1.807) is 7.11 Å². The number of carbonyl (C=O) groups excluding carboxylic acids is 1. The van der Waals surface area contributed by atoms with Gasteiger partial charge in [-0.2, -0.15) is 0 Å². The molecule has 1 fully saturated rings. The summed E-state index contributed by atoms with van der Waals surface area (Å²) in [5.41, 5.74) is 7.12. The third-order valence-electron chi connectivity index (χ3n) is 6.63. The molecule has 1 atom stereocenters. The Labute approximate surface area is 199 Å². The van der Waals surface area contributed by atoms with Gasteiger partial charge in [0.1, 0.15) is 5.75 Å². The normalized spacial score (nSPS) is 16.8. The summed E-state index contributed by atoms with van der Waals surface area (Å²) in [6, 6.07) is 16.6. The van der Waals surface area contributed by atoms with Crippen LogP contribution in [-0.4, -0.2) is 36.8 Å². The van der Waals surface area contributed by atoms with Crippen molar-refractivity contribution in [2.75, 3.05) is 20.3 Å². The zero-order valence-corrected chi connectivity index (χ0v) is 19.7. The number of methoxy groups -OCH3 is 1. The number of halogens is 1. The Morgan fingerprint density at radius 3 is 2.85 bits per heavy atom. The topological polar surface area (TPSA) is 52.5 Å². The van der Waals surface area contributed by atoms with Crippen LogP contribution >= 0.6 is 11.6 Å². The highest BCUT2D eigenvalue weighted by molar-refractivity contribution is 6.30. The molecule has 1 aromatic heterocycles. The molecule has 1 unspecified atom stereocenters. The van der Waals surface area contributed by atoms with Crippen LogP contribution in [0.4, 0.5) is 0 Å². The van der Waals surface area contributed by atoms with E-state index in [9.17, 15) is 4.79 Å². The summed E-state index contributed by atoms with van der Waals surface area (Å²) in [6.45, 7) is 1.39. The van der Waals surface area contributed by atoms with Crippen molar-refractivity contribution in [3.63, 3.8) is 0 Å². The number of nitrogens with one attached hydrogen (secondary N) is 1. The average molecular weight is 465 g/mol. The summed E-state index contributed by atoms with van der Waals surface area (Å²) in [7, 11) is 1.66. The molecule has 0 saturated carbocycles. The molecular weight excluding hydrogens is 436 g/mol. The second-order valence-corrected chi connectivity index (χ2v) is 9.19. The van der Waals surface area contributed by atoms with E-state index in [0.717, 1.165) is 43.7 Å². The van der Waals surface area contributed by atoms with Crippen LogP contribution in [0.3, 0.4) is 0 Å². The summed E-state index contributed by atoms with van der Waals surface area (Å²) in [5.74, 6) is 0.771. The smallest absolute Gasteiger partial charge is 0.220 e. The predicted molar refractivity (Wildman–Crippen MR) is 130 cm³/mol. The van der Waals surface area contributed by atoms with Gasteiger partial charge in [0, 0.05) is 41.9 Å². The van der Waals surface area contributed by atoms with Crippen LogP contribution in [0.15, 0.2) is 48.5 Å². The van der Waals surface area contributed by atoms with Gasteiger partial charge in [-0.25, -0.2) is 0 Å². The van der Waals surface area contributed by atoms with Crippen LogP contribution in [0.25, 0.3) is 16.9 Å². The monoisotopic (exact) mass is 464 g/mol. The Morgan fingerprint density at radius 1 is 1.18 bits per heavy atom. The first kappa shape index (κ1) is 22.1. The van der Waals surface area contributed by atoms with E-state index < -0.39 is 0 Å². The Morgan fingerprint density at radius 2 is 2.03 bits per heavy atom. The van der Waals surface area contributed by atoms with Crippen molar-refractivity contribution in [1.82, 2.24) is 9.88 Å². The van der Waals surface area contributed by atoms with Crippen molar-refractivity contribution >= 4 is 17.5 Å². The molecule has 5 nitrogen and oxygen atoms in total. The van der Waals surface area contributed by atoms with Crippen molar-refractivity contribution in [3.05, 3.63) is 70.4 Å². The number of aromatic nitrogens is 1. The first-order chi connectivity index (χ1) is 16.1. The third kappa shape index (κ3) is 4.53. The summed E-state index contributed by atoms with van der Waals surface area (Å²) in [4.78, 5) is 12.6. The van der Waals surface area contributed by atoms with Crippen LogP contribution in [0.2, 0.25) is 5.02 Å². The predicted octanol–water partition coefficient (Wildman–Crippen LogP) is 5.13. The lowest BCUT2D eigenvalue weighted by molar-refractivity contribution is -0.121. The highest BCUT2D eigenvalue weighted by Crippen LogP contribution is 2.40. The summed E-state index contributed by atoms with van der Waals surface area (Å²) >= 11 is 6.26.